The van der Waals surface area contributed by atoms with Crippen molar-refractivity contribution in [3.05, 3.63) is 11.7 Å². The molecule has 0 aromatic carbocycles. The van der Waals surface area contributed by atoms with Crippen molar-refractivity contribution in [3.8, 4) is 0 Å². The SMILES string of the molecule is CCCc1nc(C2(N)CCOC2)no1. The van der Waals surface area contributed by atoms with Crippen LogP contribution in [0.1, 0.15) is 31.5 Å². The molecule has 2 rings (SSSR count). The first-order valence-electron chi connectivity index (χ1n) is 4.94. The summed E-state index contributed by atoms with van der Waals surface area (Å²) >= 11 is 0. The molecule has 5 heteroatoms. The Balaban J connectivity index is 2.15. The minimum Gasteiger partial charge on any atom is -0.379 e. The van der Waals surface area contributed by atoms with Gasteiger partial charge in [-0.05, 0) is 12.8 Å². The van der Waals surface area contributed by atoms with E-state index in [9.17, 15) is 0 Å². The number of rotatable bonds is 3. The lowest BCUT2D eigenvalue weighted by Gasteiger charge is -2.15. The average molecular weight is 197 g/mol. The number of ether oxygens (including phenoxy) is 1. The van der Waals surface area contributed by atoms with E-state index < -0.39 is 5.54 Å². The number of aryl methyl sites for hydroxylation is 1. The Morgan fingerprint density at radius 2 is 2.43 bits per heavy atom. The van der Waals surface area contributed by atoms with Crippen LogP contribution in [0.2, 0.25) is 0 Å². The monoisotopic (exact) mass is 197 g/mol. The Morgan fingerprint density at radius 1 is 1.57 bits per heavy atom. The lowest BCUT2D eigenvalue weighted by Crippen LogP contribution is -2.38. The molecule has 2 heterocycles. The second kappa shape index (κ2) is 3.67. The van der Waals surface area contributed by atoms with Gasteiger partial charge in [-0.1, -0.05) is 12.1 Å². The summed E-state index contributed by atoms with van der Waals surface area (Å²) in [7, 11) is 0. The van der Waals surface area contributed by atoms with E-state index in [1.54, 1.807) is 0 Å². The zero-order valence-corrected chi connectivity index (χ0v) is 8.32. The summed E-state index contributed by atoms with van der Waals surface area (Å²) in [4.78, 5) is 4.27. The van der Waals surface area contributed by atoms with Crippen molar-refractivity contribution < 1.29 is 9.26 Å². The predicted octanol–water partition coefficient (Wildman–Crippen LogP) is 0.596. The molecule has 2 N–H and O–H groups in total. The highest BCUT2D eigenvalue weighted by molar-refractivity contribution is 5.06. The maximum absolute atomic E-state index is 6.08. The molecule has 0 bridgehead atoms. The minimum atomic E-state index is -0.532. The van der Waals surface area contributed by atoms with Crippen LogP contribution in [-0.2, 0) is 16.7 Å². The van der Waals surface area contributed by atoms with Gasteiger partial charge in [-0.3, -0.25) is 0 Å². The molecule has 0 amide bonds. The first-order valence-corrected chi connectivity index (χ1v) is 4.94. The molecule has 1 aromatic rings. The molecule has 1 unspecified atom stereocenters. The van der Waals surface area contributed by atoms with E-state index in [2.05, 4.69) is 17.1 Å². The first-order chi connectivity index (χ1) is 6.74. The molecular formula is C9H15N3O2. The summed E-state index contributed by atoms with van der Waals surface area (Å²) in [5.74, 6) is 1.25. The number of hydrogen-bond donors (Lipinski definition) is 1. The van der Waals surface area contributed by atoms with E-state index in [0.29, 0.717) is 24.9 Å². The van der Waals surface area contributed by atoms with E-state index >= 15 is 0 Å². The van der Waals surface area contributed by atoms with Crippen molar-refractivity contribution >= 4 is 0 Å². The lowest BCUT2D eigenvalue weighted by atomic mass is 10.00. The zero-order chi connectivity index (χ0) is 10.0. The van der Waals surface area contributed by atoms with Crippen molar-refractivity contribution in [1.29, 1.82) is 0 Å². The summed E-state index contributed by atoms with van der Waals surface area (Å²) in [5, 5.41) is 3.90. The third-order valence-electron chi connectivity index (χ3n) is 2.43. The van der Waals surface area contributed by atoms with Crippen LogP contribution in [0.15, 0.2) is 4.52 Å². The van der Waals surface area contributed by atoms with Gasteiger partial charge < -0.3 is 15.0 Å². The third kappa shape index (κ3) is 1.65. The van der Waals surface area contributed by atoms with E-state index in [1.165, 1.54) is 0 Å². The molecule has 5 nitrogen and oxygen atoms in total. The fourth-order valence-electron chi connectivity index (χ4n) is 1.53. The van der Waals surface area contributed by atoms with Crippen LogP contribution in [0.5, 0.6) is 0 Å². The number of aromatic nitrogens is 2. The van der Waals surface area contributed by atoms with Crippen molar-refractivity contribution in [2.24, 2.45) is 5.73 Å². The Kier molecular flexibility index (Phi) is 2.52. The second-order valence-corrected chi connectivity index (χ2v) is 3.72. The zero-order valence-electron chi connectivity index (χ0n) is 8.32. The van der Waals surface area contributed by atoms with Crippen molar-refractivity contribution in [1.82, 2.24) is 10.1 Å². The molecule has 0 spiro atoms. The van der Waals surface area contributed by atoms with Gasteiger partial charge in [-0.2, -0.15) is 4.98 Å². The van der Waals surface area contributed by atoms with Gasteiger partial charge >= 0.3 is 0 Å². The van der Waals surface area contributed by atoms with Crippen molar-refractivity contribution in [2.45, 2.75) is 31.7 Å². The third-order valence-corrected chi connectivity index (χ3v) is 2.43. The van der Waals surface area contributed by atoms with Gasteiger partial charge in [0.15, 0.2) is 5.82 Å². The summed E-state index contributed by atoms with van der Waals surface area (Å²) in [6, 6.07) is 0. The van der Waals surface area contributed by atoms with Gasteiger partial charge in [-0.15, -0.1) is 0 Å². The van der Waals surface area contributed by atoms with E-state index in [0.717, 1.165) is 19.3 Å². The lowest BCUT2D eigenvalue weighted by molar-refractivity contribution is 0.175. The molecule has 0 saturated carbocycles. The molecule has 1 aliphatic rings. The van der Waals surface area contributed by atoms with Crippen LogP contribution < -0.4 is 5.73 Å². The fourth-order valence-corrected chi connectivity index (χ4v) is 1.53. The molecule has 0 radical (unpaired) electrons. The standard InChI is InChI=1S/C9H15N3O2/c1-2-3-7-11-8(12-14-7)9(10)4-5-13-6-9/h2-6,10H2,1H3. The number of nitrogens with two attached hydrogens (primary N) is 1. The molecule has 14 heavy (non-hydrogen) atoms. The summed E-state index contributed by atoms with van der Waals surface area (Å²) in [6.07, 6.45) is 2.57. The van der Waals surface area contributed by atoms with Crippen LogP contribution in [0.3, 0.4) is 0 Å². The molecular weight excluding hydrogens is 182 g/mol. The van der Waals surface area contributed by atoms with Crippen molar-refractivity contribution in [2.75, 3.05) is 13.2 Å². The number of hydrogen-bond acceptors (Lipinski definition) is 5. The topological polar surface area (TPSA) is 74.2 Å². The predicted molar refractivity (Wildman–Crippen MR) is 49.6 cm³/mol. The van der Waals surface area contributed by atoms with Gasteiger partial charge in [0.05, 0.1) is 6.61 Å². The van der Waals surface area contributed by atoms with Gasteiger partial charge in [-0.25, -0.2) is 0 Å². The summed E-state index contributed by atoms with van der Waals surface area (Å²) in [5.41, 5.74) is 5.55. The normalized spacial score (nSPS) is 27.0. The van der Waals surface area contributed by atoms with E-state index in [-0.39, 0.29) is 0 Å². The van der Waals surface area contributed by atoms with Crippen molar-refractivity contribution in [3.63, 3.8) is 0 Å². The Bertz CT molecular complexity index is 305. The van der Waals surface area contributed by atoms with E-state index in [4.69, 9.17) is 15.0 Å². The quantitative estimate of drug-likeness (QED) is 0.767. The van der Waals surface area contributed by atoms with Crippen LogP contribution in [0.4, 0.5) is 0 Å². The van der Waals surface area contributed by atoms with Gasteiger partial charge in [0.25, 0.3) is 0 Å². The largest absolute Gasteiger partial charge is 0.379 e. The van der Waals surface area contributed by atoms with Gasteiger partial charge in [0, 0.05) is 13.0 Å². The van der Waals surface area contributed by atoms with Crippen LogP contribution in [0, 0.1) is 0 Å². The highest BCUT2D eigenvalue weighted by Gasteiger charge is 2.37. The first kappa shape index (κ1) is 9.61. The molecule has 1 saturated heterocycles. The second-order valence-electron chi connectivity index (χ2n) is 3.72. The molecule has 1 fully saturated rings. The van der Waals surface area contributed by atoms with Crippen LogP contribution >= 0.6 is 0 Å². The average Bonchev–Trinajstić information content (AvgIpc) is 2.75. The maximum atomic E-state index is 6.08. The Hall–Kier alpha value is -0.940. The Labute approximate surface area is 82.6 Å². The number of nitrogens with zero attached hydrogens (tertiary/aromatic N) is 2. The molecule has 1 aromatic heterocycles. The highest BCUT2D eigenvalue weighted by atomic mass is 16.5. The van der Waals surface area contributed by atoms with Gasteiger partial charge in [0.1, 0.15) is 5.54 Å². The molecule has 1 atom stereocenters. The molecule has 78 valence electrons. The summed E-state index contributed by atoms with van der Waals surface area (Å²) in [6.45, 7) is 3.23. The maximum Gasteiger partial charge on any atom is 0.226 e. The fraction of sp³-hybridized carbons (Fsp3) is 0.778. The van der Waals surface area contributed by atoms with E-state index in [1.807, 2.05) is 0 Å². The van der Waals surface area contributed by atoms with Crippen LogP contribution in [-0.4, -0.2) is 23.4 Å². The van der Waals surface area contributed by atoms with Gasteiger partial charge in [0.2, 0.25) is 5.89 Å². The smallest absolute Gasteiger partial charge is 0.226 e. The Morgan fingerprint density at radius 3 is 3.07 bits per heavy atom. The highest BCUT2D eigenvalue weighted by Crippen LogP contribution is 2.25. The summed E-state index contributed by atoms with van der Waals surface area (Å²) < 4.78 is 10.3. The molecule has 1 aliphatic heterocycles. The van der Waals surface area contributed by atoms with Crippen LogP contribution in [0.25, 0.3) is 0 Å². The molecule has 0 aliphatic carbocycles. The minimum absolute atomic E-state index is 0.484.